The molecule has 1 atom stereocenters. The SMILES string of the molecule is CC1ON=C(c2ccccn2)N(CCCc2ccccc2)C1=O. The van der Waals surface area contributed by atoms with Gasteiger partial charge in [-0.25, -0.2) is 0 Å². The highest BCUT2D eigenvalue weighted by Crippen LogP contribution is 2.15. The van der Waals surface area contributed by atoms with Gasteiger partial charge in [-0.3, -0.25) is 14.7 Å². The van der Waals surface area contributed by atoms with E-state index in [2.05, 4.69) is 22.3 Å². The number of hydrogen-bond donors (Lipinski definition) is 0. The molecule has 1 aromatic carbocycles. The molecule has 0 saturated heterocycles. The normalized spacial score (nSPS) is 17.6. The van der Waals surface area contributed by atoms with E-state index in [4.69, 9.17) is 4.84 Å². The largest absolute Gasteiger partial charge is 0.381 e. The molecule has 0 fully saturated rings. The number of amides is 1. The second-order valence-corrected chi connectivity index (χ2v) is 5.46. The third kappa shape index (κ3) is 3.56. The number of benzene rings is 1. The van der Waals surface area contributed by atoms with Gasteiger partial charge >= 0.3 is 0 Å². The van der Waals surface area contributed by atoms with Gasteiger partial charge in [0.05, 0.1) is 0 Å². The number of hydrogen-bond acceptors (Lipinski definition) is 4. The van der Waals surface area contributed by atoms with Crippen molar-refractivity contribution in [2.24, 2.45) is 5.16 Å². The lowest BCUT2D eigenvalue weighted by Crippen LogP contribution is -2.47. The molecule has 0 N–H and O–H groups in total. The van der Waals surface area contributed by atoms with Crippen molar-refractivity contribution in [2.45, 2.75) is 25.9 Å². The molecule has 0 radical (unpaired) electrons. The summed E-state index contributed by atoms with van der Waals surface area (Å²) in [5.41, 5.74) is 1.91. The molecular weight excluding hydrogens is 290 g/mol. The number of carbonyl (C=O) groups excluding carboxylic acids is 1. The smallest absolute Gasteiger partial charge is 0.271 e. The van der Waals surface area contributed by atoms with Crippen molar-refractivity contribution in [3.63, 3.8) is 0 Å². The quantitative estimate of drug-likeness (QED) is 0.853. The lowest BCUT2D eigenvalue weighted by molar-refractivity contribution is -0.141. The Balaban J connectivity index is 1.72. The summed E-state index contributed by atoms with van der Waals surface area (Å²) in [5, 5.41) is 4.10. The van der Waals surface area contributed by atoms with E-state index in [0.29, 0.717) is 18.1 Å². The third-order valence-electron chi connectivity index (χ3n) is 3.75. The Morgan fingerprint density at radius 1 is 1.13 bits per heavy atom. The first kappa shape index (κ1) is 15.2. The van der Waals surface area contributed by atoms with E-state index >= 15 is 0 Å². The van der Waals surface area contributed by atoms with Gasteiger partial charge in [-0.1, -0.05) is 41.6 Å². The van der Waals surface area contributed by atoms with E-state index in [1.54, 1.807) is 18.0 Å². The fourth-order valence-corrected chi connectivity index (χ4v) is 2.53. The van der Waals surface area contributed by atoms with Crippen LogP contribution in [0.1, 0.15) is 24.6 Å². The van der Waals surface area contributed by atoms with Crippen LogP contribution in [0.15, 0.2) is 59.9 Å². The zero-order valence-corrected chi connectivity index (χ0v) is 13.1. The summed E-state index contributed by atoms with van der Waals surface area (Å²) in [6.45, 7) is 2.31. The Labute approximate surface area is 135 Å². The number of pyridine rings is 1. The Morgan fingerprint density at radius 3 is 2.65 bits per heavy atom. The van der Waals surface area contributed by atoms with Gasteiger partial charge in [0.25, 0.3) is 5.91 Å². The van der Waals surface area contributed by atoms with Crippen LogP contribution >= 0.6 is 0 Å². The Kier molecular flexibility index (Phi) is 4.66. The molecule has 5 heteroatoms. The molecule has 118 valence electrons. The Hall–Kier alpha value is -2.69. The van der Waals surface area contributed by atoms with Crippen molar-refractivity contribution in [2.75, 3.05) is 6.54 Å². The van der Waals surface area contributed by atoms with Gasteiger partial charge in [-0.2, -0.15) is 0 Å². The number of amidine groups is 1. The van der Waals surface area contributed by atoms with Crippen LogP contribution in [-0.4, -0.2) is 34.3 Å². The van der Waals surface area contributed by atoms with E-state index < -0.39 is 6.10 Å². The number of nitrogens with zero attached hydrogens (tertiary/aromatic N) is 3. The maximum atomic E-state index is 12.4. The summed E-state index contributed by atoms with van der Waals surface area (Å²) in [6.07, 6.45) is 2.89. The molecule has 1 unspecified atom stereocenters. The summed E-state index contributed by atoms with van der Waals surface area (Å²) < 4.78 is 0. The van der Waals surface area contributed by atoms with E-state index in [-0.39, 0.29) is 5.91 Å². The maximum Gasteiger partial charge on any atom is 0.271 e. The third-order valence-corrected chi connectivity index (χ3v) is 3.75. The molecule has 1 aliphatic rings. The number of carbonyl (C=O) groups is 1. The maximum absolute atomic E-state index is 12.4. The first-order valence-electron chi connectivity index (χ1n) is 7.76. The minimum Gasteiger partial charge on any atom is -0.381 e. The molecule has 2 heterocycles. The fourth-order valence-electron chi connectivity index (χ4n) is 2.53. The number of aromatic nitrogens is 1. The van der Waals surface area contributed by atoms with E-state index in [1.165, 1.54) is 5.56 Å². The summed E-state index contributed by atoms with van der Waals surface area (Å²) >= 11 is 0. The average Bonchev–Trinajstić information content (AvgIpc) is 2.60. The monoisotopic (exact) mass is 309 g/mol. The van der Waals surface area contributed by atoms with Crippen molar-refractivity contribution >= 4 is 11.7 Å². The molecule has 1 amide bonds. The predicted molar refractivity (Wildman–Crippen MR) is 87.8 cm³/mol. The van der Waals surface area contributed by atoms with Crippen molar-refractivity contribution in [3.8, 4) is 0 Å². The molecule has 3 rings (SSSR count). The summed E-state index contributed by atoms with van der Waals surface area (Å²) in [4.78, 5) is 23.6. The van der Waals surface area contributed by atoms with Crippen molar-refractivity contribution < 1.29 is 9.63 Å². The molecule has 0 saturated carbocycles. The van der Waals surface area contributed by atoms with Gasteiger partial charge in [-0.05, 0) is 37.5 Å². The molecule has 5 nitrogen and oxygen atoms in total. The first-order chi connectivity index (χ1) is 11.3. The van der Waals surface area contributed by atoms with E-state index in [9.17, 15) is 4.79 Å². The second-order valence-electron chi connectivity index (χ2n) is 5.46. The van der Waals surface area contributed by atoms with Crippen LogP contribution in [0, 0.1) is 0 Å². The molecule has 23 heavy (non-hydrogen) atoms. The highest BCUT2D eigenvalue weighted by Gasteiger charge is 2.31. The Morgan fingerprint density at radius 2 is 1.91 bits per heavy atom. The van der Waals surface area contributed by atoms with Crippen molar-refractivity contribution in [1.82, 2.24) is 9.88 Å². The van der Waals surface area contributed by atoms with Gasteiger partial charge in [0.15, 0.2) is 0 Å². The van der Waals surface area contributed by atoms with Crippen LogP contribution < -0.4 is 0 Å². The van der Waals surface area contributed by atoms with Gasteiger partial charge in [0.1, 0.15) is 5.69 Å². The number of oxime groups is 1. The molecule has 1 aliphatic heterocycles. The zero-order chi connectivity index (χ0) is 16.1. The predicted octanol–water partition coefficient (Wildman–Crippen LogP) is 2.62. The van der Waals surface area contributed by atoms with E-state index in [1.807, 2.05) is 36.4 Å². The number of rotatable bonds is 5. The summed E-state index contributed by atoms with van der Waals surface area (Å²) in [5.74, 6) is 0.412. The lowest BCUT2D eigenvalue weighted by atomic mass is 10.1. The van der Waals surface area contributed by atoms with Gasteiger partial charge < -0.3 is 4.84 Å². The van der Waals surface area contributed by atoms with Crippen molar-refractivity contribution in [3.05, 3.63) is 66.0 Å². The van der Waals surface area contributed by atoms with Crippen molar-refractivity contribution in [1.29, 1.82) is 0 Å². The van der Waals surface area contributed by atoms with Crippen LogP contribution in [-0.2, 0) is 16.1 Å². The molecule has 0 bridgehead atoms. The summed E-state index contributed by atoms with van der Waals surface area (Å²) in [6, 6.07) is 15.8. The number of aryl methyl sites for hydroxylation is 1. The van der Waals surface area contributed by atoms with Crippen LogP contribution in [0.5, 0.6) is 0 Å². The molecule has 0 spiro atoms. The van der Waals surface area contributed by atoms with Gasteiger partial charge in [0.2, 0.25) is 11.9 Å². The fraction of sp³-hybridized carbons (Fsp3) is 0.278. The summed E-state index contributed by atoms with van der Waals surface area (Å²) in [7, 11) is 0. The van der Waals surface area contributed by atoms with Gasteiger partial charge in [-0.15, -0.1) is 0 Å². The van der Waals surface area contributed by atoms with Crippen LogP contribution in [0.4, 0.5) is 0 Å². The standard InChI is InChI=1S/C18H19N3O2/c1-14-18(22)21(13-7-10-15-8-3-2-4-9-15)17(20-23-14)16-11-5-6-12-19-16/h2-6,8-9,11-12,14H,7,10,13H2,1H3. The second kappa shape index (κ2) is 7.05. The minimum atomic E-state index is -0.556. The average molecular weight is 309 g/mol. The zero-order valence-electron chi connectivity index (χ0n) is 13.1. The van der Waals surface area contributed by atoms with Gasteiger partial charge in [0, 0.05) is 12.7 Å². The topological polar surface area (TPSA) is 54.8 Å². The molecular formula is C18H19N3O2. The van der Waals surface area contributed by atoms with Crippen LogP contribution in [0.2, 0.25) is 0 Å². The highest BCUT2D eigenvalue weighted by atomic mass is 16.6. The molecule has 0 aliphatic carbocycles. The van der Waals surface area contributed by atoms with Crippen LogP contribution in [0.3, 0.4) is 0 Å². The molecule has 1 aromatic heterocycles. The van der Waals surface area contributed by atoms with E-state index in [0.717, 1.165) is 12.8 Å². The highest BCUT2D eigenvalue weighted by molar-refractivity contribution is 6.08. The molecule has 2 aromatic rings. The first-order valence-corrected chi connectivity index (χ1v) is 7.76. The lowest BCUT2D eigenvalue weighted by Gasteiger charge is -2.29. The minimum absolute atomic E-state index is 0.0753. The Bertz CT molecular complexity index is 686. The van der Waals surface area contributed by atoms with Crippen LogP contribution in [0.25, 0.3) is 0 Å².